The Morgan fingerprint density at radius 2 is 1.95 bits per heavy atom. The molecule has 0 heterocycles. The number of carbonyl (C=O) groups excluding carboxylic acids is 1. The maximum atomic E-state index is 12.8. The van der Waals surface area contributed by atoms with Crippen LogP contribution in [0.4, 0.5) is 0 Å². The molecule has 3 rings (SSSR count). The molecule has 0 aromatic heterocycles. The van der Waals surface area contributed by atoms with Gasteiger partial charge in [0.2, 0.25) is 5.91 Å². The van der Waals surface area contributed by atoms with Crippen LogP contribution in [0.2, 0.25) is 0 Å². The molecule has 108 valence electrons. The first kappa shape index (κ1) is 13.6. The second-order valence-electron chi connectivity index (χ2n) is 6.55. The highest BCUT2D eigenvalue weighted by molar-refractivity contribution is 5.90. The Morgan fingerprint density at radius 1 is 1.25 bits per heavy atom. The van der Waals surface area contributed by atoms with Crippen LogP contribution in [0.1, 0.15) is 49.7 Å². The summed E-state index contributed by atoms with van der Waals surface area (Å²) in [5, 5.41) is 12.7. The maximum absolute atomic E-state index is 12.8. The lowest BCUT2D eigenvalue weighted by Gasteiger charge is -2.47. The minimum absolute atomic E-state index is 0.0582. The predicted molar refractivity (Wildman–Crippen MR) is 78.5 cm³/mol. The summed E-state index contributed by atoms with van der Waals surface area (Å²) in [6, 6.07) is 8.29. The lowest BCUT2D eigenvalue weighted by molar-refractivity contribution is -0.134. The summed E-state index contributed by atoms with van der Waals surface area (Å²) < 4.78 is 0. The molecular weight excluding hydrogens is 250 g/mol. The lowest BCUT2D eigenvalue weighted by atomic mass is 9.63. The van der Waals surface area contributed by atoms with Crippen molar-refractivity contribution in [2.75, 3.05) is 6.61 Å². The zero-order valence-corrected chi connectivity index (χ0v) is 12.1. The van der Waals surface area contributed by atoms with Gasteiger partial charge in [0.1, 0.15) is 0 Å². The molecule has 1 aromatic carbocycles. The van der Waals surface area contributed by atoms with E-state index in [0.29, 0.717) is 0 Å². The van der Waals surface area contributed by atoms with E-state index in [2.05, 4.69) is 30.4 Å². The molecule has 0 atom stereocenters. The molecule has 0 aliphatic heterocycles. The quantitative estimate of drug-likeness (QED) is 0.885. The Hall–Kier alpha value is -1.35. The molecule has 2 saturated carbocycles. The van der Waals surface area contributed by atoms with Gasteiger partial charge in [-0.3, -0.25) is 4.79 Å². The second kappa shape index (κ2) is 4.88. The van der Waals surface area contributed by atoms with Crippen LogP contribution in [0.15, 0.2) is 24.3 Å². The fraction of sp³-hybridized carbons (Fsp3) is 0.588. The van der Waals surface area contributed by atoms with E-state index in [1.165, 1.54) is 5.56 Å². The van der Waals surface area contributed by atoms with Crippen molar-refractivity contribution in [3.63, 3.8) is 0 Å². The Balaban J connectivity index is 1.83. The van der Waals surface area contributed by atoms with Crippen LogP contribution in [0, 0.1) is 6.92 Å². The fourth-order valence-electron chi connectivity index (χ4n) is 3.41. The molecule has 3 heteroatoms. The van der Waals surface area contributed by atoms with Crippen molar-refractivity contribution < 1.29 is 9.90 Å². The number of aliphatic hydroxyl groups is 1. The first-order chi connectivity index (χ1) is 9.60. The van der Waals surface area contributed by atoms with Crippen LogP contribution in [0.25, 0.3) is 0 Å². The fourth-order valence-corrected chi connectivity index (χ4v) is 3.41. The molecule has 2 fully saturated rings. The predicted octanol–water partition coefficient (Wildman–Crippen LogP) is 2.45. The monoisotopic (exact) mass is 273 g/mol. The Morgan fingerprint density at radius 3 is 2.40 bits per heavy atom. The number of hydrogen-bond acceptors (Lipinski definition) is 2. The molecule has 0 spiro atoms. The molecule has 2 aliphatic rings. The van der Waals surface area contributed by atoms with Gasteiger partial charge < -0.3 is 10.4 Å². The number of aryl methyl sites for hydroxylation is 1. The zero-order chi connectivity index (χ0) is 14.2. The van der Waals surface area contributed by atoms with E-state index in [0.717, 1.165) is 44.1 Å². The summed E-state index contributed by atoms with van der Waals surface area (Å²) in [6.45, 7) is 2.12. The maximum Gasteiger partial charge on any atom is 0.231 e. The third kappa shape index (κ3) is 2.05. The standard InChI is InChI=1S/C17H23NO2/c1-13-5-2-6-14(11-13)17(9-4-10-17)15(20)18-16(12-19)7-3-8-16/h2,5-6,11,19H,3-4,7-10,12H2,1H3,(H,18,20). The van der Waals surface area contributed by atoms with E-state index in [-0.39, 0.29) is 23.5 Å². The van der Waals surface area contributed by atoms with Crippen molar-refractivity contribution in [2.45, 2.75) is 56.4 Å². The first-order valence-electron chi connectivity index (χ1n) is 7.61. The molecule has 2 N–H and O–H groups in total. The molecule has 1 amide bonds. The van der Waals surface area contributed by atoms with E-state index < -0.39 is 0 Å². The molecule has 1 aromatic rings. The number of carbonyl (C=O) groups is 1. The molecule has 20 heavy (non-hydrogen) atoms. The highest BCUT2D eigenvalue weighted by Crippen LogP contribution is 2.45. The summed E-state index contributed by atoms with van der Waals surface area (Å²) in [5.41, 5.74) is 1.63. The SMILES string of the molecule is Cc1cccc(C2(C(=O)NC3(CO)CCC3)CCC2)c1. The normalized spacial score (nSPS) is 22.5. The number of nitrogens with one attached hydrogen (secondary N) is 1. The van der Waals surface area contributed by atoms with Gasteiger partial charge in [-0.25, -0.2) is 0 Å². The van der Waals surface area contributed by atoms with Crippen LogP contribution in [-0.2, 0) is 10.2 Å². The van der Waals surface area contributed by atoms with Gasteiger partial charge in [-0.2, -0.15) is 0 Å². The molecule has 0 bridgehead atoms. The van der Waals surface area contributed by atoms with Gasteiger partial charge in [-0.1, -0.05) is 36.2 Å². The van der Waals surface area contributed by atoms with Crippen molar-refractivity contribution in [3.8, 4) is 0 Å². The second-order valence-corrected chi connectivity index (χ2v) is 6.55. The third-order valence-corrected chi connectivity index (χ3v) is 5.20. The van der Waals surface area contributed by atoms with Gasteiger partial charge in [-0.05, 0) is 44.6 Å². The van der Waals surface area contributed by atoms with Crippen LogP contribution in [-0.4, -0.2) is 23.2 Å². The lowest BCUT2D eigenvalue weighted by Crippen LogP contribution is -2.61. The Kier molecular flexibility index (Phi) is 3.33. The molecule has 0 unspecified atom stereocenters. The highest BCUT2D eigenvalue weighted by atomic mass is 16.3. The molecule has 3 nitrogen and oxygen atoms in total. The van der Waals surface area contributed by atoms with Crippen molar-refractivity contribution in [3.05, 3.63) is 35.4 Å². The Labute approximate surface area is 120 Å². The zero-order valence-electron chi connectivity index (χ0n) is 12.1. The van der Waals surface area contributed by atoms with Gasteiger partial charge in [-0.15, -0.1) is 0 Å². The number of amides is 1. The van der Waals surface area contributed by atoms with Crippen molar-refractivity contribution >= 4 is 5.91 Å². The number of hydrogen-bond donors (Lipinski definition) is 2. The van der Waals surface area contributed by atoms with Crippen molar-refractivity contribution in [1.29, 1.82) is 0 Å². The van der Waals surface area contributed by atoms with E-state index >= 15 is 0 Å². The van der Waals surface area contributed by atoms with Crippen LogP contribution in [0.3, 0.4) is 0 Å². The van der Waals surface area contributed by atoms with Crippen molar-refractivity contribution in [1.82, 2.24) is 5.32 Å². The van der Waals surface area contributed by atoms with Gasteiger partial charge >= 0.3 is 0 Å². The van der Waals surface area contributed by atoms with Gasteiger partial charge in [0.15, 0.2) is 0 Å². The van der Waals surface area contributed by atoms with E-state index in [4.69, 9.17) is 0 Å². The van der Waals surface area contributed by atoms with E-state index in [1.54, 1.807) is 0 Å². The number of rotatable bonds is 4. The van der Waals surface area contributed by atoms with Gasteiger partial charge in [0.05, 0.1) is 17.6 Å². The number of benzene rings is 1. The largest absolute Gasteiger partial charge is 0.394 e. The summed E-state index contributed by atoms with van der Waals surface area (Å²) >= 11 is 0. The van der Waals surface area contributed by atoms with Crippen LogP contribution in [0.5, 0.6) is 0 Å². The molecule has 0 saturated heterocycles. The summed E-state index contributed by atoms with van der Waals surface area (Å²) in [7, 11) is 0. The van der Waals surface area contributed by atoms with E-state index in [9.17, 15) is 9.90 Å². The average molecular weight is 273 g/mol. The topological polar surface area (TPSA) is 49.3 Å². The highest BCUT2D eigenvalue weighted by Gasteiger charge is 2.49. The number of aliphatic hydroxyl groups excluding tert-OH is 1. The minimum atomic E-state index is -0.357. The van der Waals surface area contributed by atoms with E-state index in [1.807, 2.05) is 6.07 Å². The van der Waals surface area contributed by atoms with Gasteiger partial charge in [0.25, 0.3) is 0 Å². The molecule has 2 aliphatic carbocycles. The summed E-state index contributed by atoms with van der Waals surface area (Å²) in [6.07, 6.45) is 5.84. The first-order valence-corrected chi connectivity index (χ1v) is 7.61. The summed E-state index contributed by atoms with van der Waals surface area (Å²) in [5.74, 6) is 0.114. The minimum Gasteiger partial charge on any atom is -0.394 e. The summed E-state index contributed by atoms with van der Waals surface area (Å²) in [4.78, 5) is 12.8. The van der Waals surface area contributed by atoms with Crippen LogP contribution < -0.4 is 5.32 Å². The smallest absolute Gasteiger partial charge is 0.231 e. The average Bonchev–Trinajstić information content (AvgIpc) is 2.32. The molecule has 0 radical (unpaired) electrons. The van der Waals surface area contributed by atoms with Crippen LogP contribution >= 0.6 is 0 Å². The molecular formula is C17H23NO2. The van der Waals surface area contributed by atoms with Crippen molar-refractivity contribution in [2.24, 2.45) is 0 Å². The Bertz CT molecular complexity index is 510. The van der Waals surface area contributed by atoms with Gasteiger partial charge in [0, 0.05) is 0 Å². The third-order valence-electron chi connectivity index (χ3n) is 5.20.